The number of aldehydes is 1. The average Bonchev–Trinajstić information content (AvgIpc) is 1.91. The lowest BCUT2D eigenvalue weighted by Gasteiger charge is -1.78. The molecule has 0 bridgehead atoms. The Balaban J connectivity index is 0.000000236. The summed E-state index contributed by atoms with van der Waals surface area (Å²) in [5.74, 6) is -0.178. The highest BCUT2D eigenvalue weighted by atomic mass is 18.2. The molecule has 1 aromatic rings. The molecule has 10 heavy (non-hydrogen) atoms. The topological polar surface area (TPSA) is 17.1 Å². The Labute approximate surface area is 59.5 Å². The fourth-order valence-corrected chi connectivity index (χ4v) is 0.415. The van der Waals surface area contributed by atoms with Gasteiger partial charge in [-0.25, -0.2) is 4.39 Å². The van der Waals surface area contributed by atoms with Crippen molar-refractivity contribution < 1.29 is 9.18 Å². The zero-order chi connectivity index (χ0) is 7.82. The monoisotopic (exact) mass is 139 g/mol. The minimum Gasteiger partial charge on any atom is -0.304 e. The van der Waals surface area contributed by atoms with Crippen molar-refractivity contribution in [2.45, 2.75) is 6.92 Å². The third kappa shape index (κ3) is 4.97. The van der Waals surface area contributed by atoms with Gasteiger partial charge in [0, 0.05) is 0 Å². The van der Waals surface area contributed by atoms with E-state index in [0.29, 0.717) is 0 Å². The van der Waals surface area contributed by atoms with Crippen LogP contribution in [0.15, 0.2) is 30.3 Å². The number of benzene rings is 1. The highest BCUT2D eigenvalue weighted by Gasteiger charge is 1.77. The van der Waals surface area contributed by atoms with Gasteiger partial charge < -0.3 is 4.79 Å². The minimum atomic E-state index is -0.178. The first-order chi connectivity index (χ1) is 4.81. The van der Waals surface area contributed by atoms with Crippen LogP contribution in [0, 0.1) is 5.82 Å². The number of hydrogen-bond donors (Lipinski definition) is 0. The predicted molar refractivity (Wildman–Crippen MR) is 38.1 cm³/mol. The SMILES string of the molecule is CC=O.[18F]c1ccccc1. The van der Waals surface area contributed by atoms with E-state index in [1.165, 1.54) is 19.1 Å². The molecule has 0 aliphatic rings. The average molecular weight is 139 g/mol. The molecule has 1 aromatic carbocycles. The molecule has 0 saturated heterocycles. The molecule has 0 N–H and O–H groups in total. The summed E-state index contributed by atoms with van der Waals surface area (Å²) in [6, 6.07) is 7.94. The summed E-state index contributed by atoms with van der Waals surface area (Å²) >= 11 is 0. The molecule has 0 heterocycles. The molecule has 0 aliphatic heterocycles. The fourth-order valence-electron chi connectivity index (χ4n) is 0.415. The largest absolute Gasteiger partial charge is 0.304 e. The van der Waals surface area contributed by atoms with Crippen LogP contribution in [0.25, 0.3) is 0 Å². The molecule has 0 spiro atoms. The molecule has 1 rings (SSSR count). The predicted octanol–water partition coefficient (Wildman–Crippen LogP) is 2.03. The Morgan fingerprint density at radius 2 is 1.70 bits per heavy atom. The Hall–Kier alpha value is -1.18. The Morgan fingerprint density at radius 1 is 1.30 bits per heavy atom. The van der Waals surface area contributed by atoms with Gasteiger partial charge in [0.05, 0.1) is 0 Å². The molecule has 0 aromatic heterocycles. The molecular weight excluding hydrogens is 130 g/mol. The Kier molecular flexibility index (Phi) is 5.25. The van der Waals surface area contributed by atoms with Crippen molar-refractivity contribution in [3.8, 4) is 0 Å². The van der Waals surface area contributed by atoms with E-state index in [2.05, 4.69) is 0 Å². The first kappa shape index (κ1) is 8.82. The number of hydrogen-bond acceptors (Lipinski definition) is 1. The van der Waals surface area contributed by atoms with Crippen molar-refractivity contribution in [3.63, 3.8) is 0 Å². The van der Waals surface area contributed by atoms with Gasteiger partial charge in [-0.15, -0.1) is 0 Å². The van der Waals surface area contributed by atoms with Crippen molar-refractivity contribution in [3.05, 3.63) is 36.1 Å². The third-order valence-corrected chi connectivity index (χ3v) is 0.733. The van der Waals surface area contributed by atoms with Crippen LogP contribution in [0.3, 0.4) is 0 Å². The van der Waals surface area contributed by atoms with Crippen LogP contribution in [-0.4, -0.2) is 6.29 Å². The van der Waals surface area contributed by atoms with Gasteiger partial charge in [0.1, 0.15) is 12.1 Å². The highest BCUT2D eigenvalue weighted by molar-refractivity contribution is 5.44. The second-order valence-corrected chi connectivity index (χ2v) is 1.53. The van der Waals surface area contributed by atoms with Crippen LogP contribution in [0.1, 0.15) is 6.92 Å². The van der Waals surface area contributed by atoms with Crippen LogP contribution < -0.4 is 0 Å². The van der Waals surface area contributed by atoms with Crippen molar-refractivity contribution in [1.82, 2.24) is 0 Å². The van der Waals surface area contributed by atoms with Crippen LogP contribution in [-0.2, 0) is 4.79 Å². The van der Waals surface area contributed by atoms with Gasteiger partial charge in [0.15, 0.2) is 0 Å². The Bertz CT molecular complexity index is 172. The summed E-state index contributed by atoms with van der Waals surface area (Å²) in [4.78, 5) is 8.81. The van der Waals surface area contributed by atoms with Crippen molar-refractivity contribution in [1.29, 1.82) is 0 Å². The van der Waals surface area contributed by atoms with E-state index in [4.69, 9.17) is 4.79 Å². The zero-order valence-electron chi connectivity index (χ0n) is 5.75. The number of rotatable bonds is 0. The smallest absolute Gasteiger partial charge is 0.123 e. The molecule has 0 radical (unpaired) electrons. The van der Waals surface area contributed by atoms with Crippen molar-refractivity contribution in [2.75, 3.05) is 0 Å². The van der Waals surface area contributed by atoms with E-state index >= 15 is 0 Å². The van der Waals surface area contributed by atoms with E-state index in [9.17, 15) is 4.39 Å². The van der Waals surface area contributed by atoms with Crippen LogP contribution in [0.4, 0.5) is 4.39 Å². The lowest BCUT2D eigenvalue weighted by atomic mass is 10.4. The summed E-state index contributed by atoms with van der Waals surface area (Å²) in [6.45, 7) is 1.44. The maximum atomic E-state index is 11.9. The van der Waals surface area contributed by atoms with E-state index in [1.54, 1.807) is 18.2 Å². The summed E-state index contributed by atoms with van der Waals surface area (Å²) in [6.07, 6.45) is 0.750. The third-order valence-electron chi connectivity index (χ3n) is 0.733. The first-order valence-corrected chi connectivity index (χ1v) is 2.91. The van der Waals surface area contributed by atoms with Gasteiger partial charge in [-0.2, -0.15) is 0 Å². The van der Waals surface area contributed by atoms with Crippen molar-refractivity contribution >= 4 is 6.29 Å². The second kappa shape index (κ2) is 5.95. The molecule has 0 atom stereocenters. The highest BCUT2D eigenvalue weighted by Crippen LogP contribution is 1.91. The lowest BCUT2D eigenvalue weighted by Crippen LogP contribution is -1.63. The normalized spacial score (nSPS) is 7.40. The minimum absolute atomic E-state index is 0.178. The van der Waals surface area contributed by atoms with Crippen LogP contribution >= 0.6 is 0 Å². The second-order valence-electron chi connectivity index (χ2n) is 1.53. The lowest BCUT2D eigenvalue weighted by molar-refractivity contribution is -0.106. The van der Waals surface area contributed by atoms with Gasteiger partial charge in [-0.05, 0) is 19.1 Å². The fraction of sp³-hybridized carbons (Fsp3) is 0.125. The van der Waals surface area contributed by atoms with Crippen LogP contribution in [0.5, 0.6) is 0 Å². The molecule has 0 unspecified atom stereocenters. The van der Waals surface area contributed by atoms with E-state index < -0.39 is 0 Å². The number of carbonyl (C=O) groups is 1. The first-order valence-electron chi connectivity index (χ1n) is 2.91. The summed E-state index contributed by atoms with van der Waals surface area (Å²) in [5.41, 5.74) is 0. The molecule has 0 saturated carbocycles. The van der Waals surface area contributed by atoms with Gasteiger partial charge >= 0.3 is 0 Å². The molecule has 1 nitrogen and oxygen atoms in total. The standard InChI is InChI=1S/C6H5F.C2H4O/c7-6-4-2-1-3-5-6;1-2-3/h1-5H;2H,1H3/i7-1;. The maximum absolute atomic E-state index is 11.9. The molecule has 0 amide bonds. The van der Waals surface area contributed by atoms with E-state index in [1.807, 2.05) is 0 Å². The van der Waals surface area contributed by atoms with Gasteiger partial charge in [0.25, 0.3) is 0 Å². The summed E-state index contributed by atoms with van der Waals surface area (Å²) in [5, 5.41) is 0. The maximum Gasteiger partial charge on any atom is 0.123 e. The number of halogens is 1. The van der Waals surface area contributed by atoms with E-state index in [0.717, 1.165) is 6.29 Å². The van der Waals surface area contributed by atoms with Gasteiger partial charge in [-0.1, -0.05) is 18.2 Å². The van der Waals surface area contributed by atoms with Crippen LogP contribution in [0.2, 0.25) is 0 Å². The quantitative estimate of drug-likeness (QED) is 0.502. The molecule has 0 aliphatic carbocycles. The van der Waals surface area contributed by atoms with E-state index in [-0.39, 0.29) is 5.82 Å². The molecule has 54 valence electrons. The molecular formula is C8H9FO. The number of carbonyl (C=O) groups excluding carboxylic acids is 1. The van der Waals surface area contributed by atoms with Gasteiger partial charge in [-0.3, -0.25) is 0 Å². The molecule has 0 fully saturated rings. The summed E-state index contributed by atoms with van der Waals surface area (Å²) < 4.78 is 11.9. The summed E-state index contributed by atoms with van der Waals surface area (Å²) in [7, 11) is 0. The zero-order valence-corrected chi connectivity index (χ0v) is 5.75. The Morgan fingerprint density at radius 3 is 1.90 bits per heavy atom. The van der Waals surface area contributed by atoms with Crippen molar-refractivity contribution in [2.24, 2.45) is 0 Å². The molecule has 2 heteroatoms. The van der Waals surface area contributed by atoms with Gasteiger partial charge in [0.2, 0.25) is 0 Å².